The van der Waals surface area contributed by atoms with E-state index in [0.717, 1.165) is 18.7 Å². The Kier molecular flexibility index (Phi) is 4.10. The zero-order valence-electron chi connectivity index (χ0n) is 12.3. The smallest absolute Gasteiger partial charge is 0.240 e. The number of amides is 1. The largest absolute Gasteiger partial charge is 0.374 e. The molecule has 1 aliphatic heterocycles. The van der Waals surface area contributed by atoms with E-state index in [1.807, 2.05) is 32.1 Å². The maximum Gasteiger partial charge on any atom is 0.240 e. The van der Waals surface area contributed by atoms with E-state index in [9.17, 15) is 4.79 Å². The highest BCUT2D eigenvalue weighted by Crippen LogP contribution is 2.30. The van der Waals surface area contributed by atoms with Crippen LogP contribution in [0.2, 0.25) is 0 Å². The van der Waals surface area contributed by atoms with E-state index in [1.165, 1.54) is 17.7 Å². The van der Waals surface area contributed by atoms with Gasteiger partial charge in [-0.2, -0.15) is 0 Å². The highest BCUT2D eigenvalue weighted by atomic mass is 16.2. The molecule has 4 heteroatoms. The molecular weight excluding hydrogens is 238 g/mol. The SMILES string of the molecule is CN(C)CC(=O)N(C)c1ccc2c(c1)N(C)CCC2. The Morgan fingerprint density at radius 3 is 2.74 bits per heavy atom. The number of anilines is 2. The Morgan fingerprint density at radius 1 is 1.32 bits per heavy atom. The predicted octanol–water partition coefficient (Wildman–Crippen LogP) is 1.59. The zero-order valence-corrected chi connectivity index (χ0v) is 12.3. The normalized spacial score (nSPS) is 14.5. The van der Waals surface area contributed by atoms with Crippen LogP contribution in [0.3, 0.4) is 0 Å². The molecule has 19 heavy (non-hydrogen) atoms. The summed E-state index contributed by atoms with van der Waals surface area (Å²) in [4.78, 5) is 18.0. The number of rotatable bonds is 3. The number of hydrogen-bond donors (Lipinski definition) is 0. The molecular formula is C15H23N3O. The minimum absolute atomic E-state index is 0.114. The van der Waals surface area contributed by atoms with Gasteiger partial charge in [0.15, 0.2) is 0 Å². The van der Waals surface area contributed by atoms with Crippen molar-refractivity contribution in [3.63, 3.8) is 0 Å². The number of carbonyl (C=O) groups is 1. The summed E-state index contributed by atoms with van der Waals surface area (Å²) in [7, 11) is 7.78. The van der Waals surface area contributed by atoms with Crippen LogP contribution in [-0.4, -0.2) is 52.1 Å². The summed E-state index contributed by atoms with van der Waals surface area (Å²) in [6.45, 7) is 1.52. The monoisotopic (exact) mass is 261 g/mol. The lowest BCUT2D eigenvalue weighted by Crippen LogP contribution is -2.35. The van der Waals surface area contributed by atoms with Gasteiger partial charge in [-0.1, -0.05) is 6.07 Å². The Labute approximate surface area is 115 Å². The summed E-state index contributed by atoms with van der Waals surface area (Å²) in [6, 6.07) is 6.33. The van der Waals surface area contributed by atoms with E-state index in [-0.39, 0.29) is 5.91 Å². The number of likely N-dealkylation sites (N-methyl/N-ethyl adjacent to an activating group) is 2. The lowest BCUT2D eigenvalue weighted by Gasteiger charge is -2.29. The molecule has 0 fully saturated rings. The molecule has 0 N–H and O–H groups in total. The average molecular weight is 261 g/mol. The molecule has 1 amide bonds. The molecule has 0 radical (unpaired) electrons. The molecule has 104 valence electrons. The van der Waals surface area contributed by atoms with Gasteiger partial charge in [0.1, 0.15) is 0 Å². The summed E-state index contributed by atoms with van der Waals surface area (Å²) in [5.41, 5.74) is 3.61. The number of carbonyl (C=O) groups excluding carboxylic acids is 1. The van der Waals surface area contributed by atoms with Crippen LogP contribution in [-0.2, 0) is 11.2 Å². The summed E-state index contributed by atoms with van der Waals surface area (Å²) in [6.07, 6.45) is 2.34. The van der Waals surface area contributed by atoms with E-state index >= 15 is 0 Å². The Morgan fingerprint density at radius 2 is 2.05 bits per heavy atom. The molecule has 0 aliphatic carbocycles. The van der Waals surface area contributed by atoms with Gasteiger partial charge in [0.05, 0.1) is 6.54 Å². The quantitative estimate of drug-likeness (QED) is 0.827. The van der Waals surface area contributed by atoms with E-state index in [1.54, 1.807) is 4.90 Å². The third-order valence-corrected chi connectivity index (χ3v) is 3.63. The predicted molar refractivity (Wildman–Crippen MR) is 80.0 cm³/mol. The second-order valence-corrected chi connectivity index (χ2v) is 5.53. The van der Waals surface area contributed by atoms with Gasteiger partial charge in [0.25, 0.3) is 0 Å². The van der Waals surface area contributed by atoms with Crippen molar-refractivity contribution in [3.8, 4) is 0 Å². The highest BCUT2D eigenvalue weighted by Gasteiger charge is 2.17. The van der Waals surface area contributed by atoms with Crippen LogP contribution in [0.1, 0.15) is 12.0 Å². The fraction of sp³-hybridized carbons (Fsp3) is 0.533. The first-order valence-electron chi connectivity index (χ1n) is 6.74. The van der Waals surface area contributed by atoms with Gasteiger partial charge in [0, 0.05) is 32.0 Å². The second kappa shape index (κ2) is 5.61. The van der Waals surface area contributed by atoms with Crippen molar-refractivity contribution >= 4 is 17.3 Å². The van der Waals surface area contributed by atoms with Crippen LogP contribution >= 0.6 is 0 Å². The summed E-state index contributed by atoms with van der Waals surface area (Å²) < 4.78 is 0. The Bertz CT molecular complexity index is 470. The molecule has 0 unspecified atom stereocenters. The van der Waals surface area contributed by atoms with Crippen LogP contribution in [0.5, 0.6) is 0 Å². The molecule has 0 atom stereocenters. The number of benzene rings is 1. The van der Waals surface area contributed by atoms with Crippen molar-refractivity contribution in [1.82, 2.24) is 4.90 Å². The molecule has 1 aliphatic rings. The number of nitrogens with zero attached hydrogens (tertiary/aromatic N) is 3. The number of fused-ring (bicyclic) bond motifs is 1. The van der Waals surface area contributed by atoms with Gasteiger partial charge in [0.2, 0.25) is 5.91 Å². The minimum atomic E-state index is 0.114. The van der Waals surface area contributed by atoms with Crippen molar-refractivity contribution in [3.05, 3.63) is 23.8 Å². The summed E-state index contributed by atoms with van der Waals surface area (Å²) >= 11 is 0. The molecule has 0 bridgehead atoms. The van der Waals surface area contributed by atoms with Crippen molar-refractivity contribution in [2.45, 2.75) is 12.8 Å². The van der Waals surface area contributed by atoms with E-state index in [0.29, 0.717) is 6.54 Å². The highest BCUT2D eigenvalue weighted by molar-refractivity contribution is 5.94. The van der Waals surface area contributed by atoms with E-state index in [2.05, 4.69) is 24.1 Å². The summed E-state index contributed by atoms with van der Waals surface area (Å²) in [5.74, 6) is 0.114. The average Bonchev–Trinajstić information content (AvgIpc) is 2.37. The van der Waals surface area contributed by atoms with Gasteiger partial charge in [-0.3, -0.25) is 4.79 Å². The van der Waals surface area contributed by atoms with Gasteiger partial charge >= 0.3 is 0 Å². The number of aryl methyl sites for hydroxylation is 1. The zero-order chi connectivity index (χ0) is 14.0. The molecule has 2 rings (SSSR count). The molecule has 0 aromatic heterocycles. The lowest BCUT2D eigenvalue weighted by atomic mass is 10.0. The molecule has 0 saturated heterocycles. The number of hydrogen-bond acceptors (Lipinski definition) is 3. The first kappa shape index (κ1) is 13.9. The molecule has 0 saturated carbocycles. The lowest BCUT2D eigenvalue weighted by molar-refractivity contribution is -0.118. The van der Waals surface area contributed by atoms with E-state index in [4.69, 9.17) is 0 Å². The Balaban J connectivity index is 2.21. The molecule has 4 nitrogen and oxygen atoms in total. The van der Waals surface area contributed by atoms with Crippen LogP contribution in [0.15, 0.2) is 18.2 Å². The second-order valence-electron chi connectivity index (χ2n) is 5.53. The molecule has 1 aromatic carbocycles. The molecule has 1 heterocycles. The first-order valence-corrected chi connectivity index (χ1v) is 6.74. The first-order chi connectivity index (χ1) is 8.99. The van der Waals surface area contributed by atoms with Gasteiger partial charge < -0.3 is 14.7 Å². The molecule has 1 aromatic rings. The molecule has 0 spiro atoms. The van der Waals surface area contributed by atoms with Crippen molar-refractivity contribution < 1.29 is 4.79 Å². The van der Waals surface area contributed by atoms with Gasteiger partial charge in [-0.15, -0.1) is 0 Å². The van der Waals surface area contributed by atoms with Crippen molar-refractivity contribution in [1.29, 1.82) is 0 Å². The standard InChI is InChI=1S/C15H23N3O/c1-16(2)11-15(19)18(4)13-8-7-12-6-5-9-17(3)14(12)10-13/h7-8,10H,5-6,9,11H2,1-4H3. The van der Waals surface area contributed by atoms with Crippen LogP contribution in [0.25, 0.3) is 0 Å². The van der Waals surface area contributed by atoms with Crippen LogP contribution in [0, 0.1) is 0 Å². The summed E-state index contributed by atoms with van der Waals surface area (Å²) in [5, 5.41) is 0. The third-order valence-electron chi connectivity index (χ3n) is 3.63. The van der Waals surface area contributed by atoms with E-state index < -0.39 is 0 Å². The van der Waals surface area contributed by atoms with Crippen molar-refractivity contribution in [2.24, 2.45) is 0 Å². The van der Waals surface area contributed by atoms with Gasteiger partial charge in [-0.25, -0.2) is 0 Å². The Hall–Kier alpha value is -1.55. The van der Waals surface area contributed by atoms with Gasteiger partial charge in [-0.05, 0) is 44.6 Å². The maximum absolute atomic E-state index is 12.1. The van der Waals surface area contributed by atoms with Crippen molar-refractivity contribution in [2.75, 3.05) is 51.1 Å². The minimum Gasteiger partial charge on any atom is -0.374 e. The fourth-order valence-corrected chi connectivity index (χ4v) is 2.48. The maximum atomic E-state index is 12.1. The van der Waals surface area contributed by atoms with Crippen LogP contribution < -0.4 is 9.80 Å². The van der Waals surface area contributed by atoms with Crippen LogP contribution in [0.4, 0.5) is 11.4 Å². The third kappa shape index (κ3) is 3.07. The fourth-order valence-electron chi connectivity index (χ4n) is 2.48. The topological polar surface area (TPSA) is 26.8 Å².